The van der Waals surface area contributed by atoms with Crippen molar-refractivity contribution in [1.82, 2.24) is 9.38 Å². The molecule has 3 heterocycles. The molecule has 0 aliphatic heterocycles. The van der Waals surface area contributed by atoms with Crippen LogP contribution >= 0.6 is 38.9 Å². The minimum atomic E-state index is 0.786. The molecule has 0 radical (unpaired) electrons. The molecule has 0 aliphatic carbocycles. The molecule has 0 aliphatic rings. The zero-order valence-corrected chi connectivity index (χ0v) is 12.1. The van der Waals surface area contributed by atoms with Crippen LogP contribution in [0.3, 0.4) is 0 Å². The van der Waals surface area contributed by atoms with Crippen LogP contribution in [0.2, 0.25) is 4.34 Å². The second kappa shape index (κ2) is 4.12. The van der Waals surface area contributed by atoms with Gasteiger partial charge in [0.2, 0.25) is 0 Å². The number of hydrogen-bond acceptors (Lipinski definition) is 2. The third-order valence-corrected chi connectivity index (χ3v) is 4.65. The molecule has 0 aromatic carbocycles. The molecule has 0 amide bonds. The molecule has 86 valence electrons. The van der Waals surface area contributed by atoms with Crippen LogP contribution in [0.15, 0.2) is 35.1 Å². The van der Waals surface area contributed by atoms with Crippen LogP contribution in [0.5, 0.6) is 0 Å². The lowest BCUT2D eigenvalue weighted by atomic mass is 10.3. The second-order valence-corrected chi connectivity index (χ2v) is 6.37. The van der Waals surface area contributed by atoms with Gasteiger partial charge in [-0.3, -0.25) is 0 Å². The lowest BCUT2D eigenvalue weighted by molar-refractivity contribution is 1.16. The summed E-state index contributed by atoms with van der Waals surface area (Å²) in [5.41, 5.74) is 3.09. The lowest BCUT2D eigenvalue weighted by Crippen LogP contribution is -1.85. The summed E-state index contributed by atoms with van der Waals surface area (Å²) in [5.74, 6) is 0. The molecule has 2 nitrogen and oxygen atoms in total. The first-order chi connectivity index (χ1) is 8.13. The number of rotatable bonds is 1. The Morgan fingerprint density at radius 2 is 2.18 bits per heavy atom. The number of aromatic nitrogens is 2. The fourth-order valence-corrected chi connectivity index (χ4v) is 3.01. The van der Waals surface area contributed by atoms with Crippen LogP contribution < -0.4 is 0 Å². The average molecular weight is 328 g/mol. The molecule has 5 heteroatoms. The number of thiophene rings is 1. The van der Waals surface area contributed by atoms with Gasteiger partial charge in [-0.1, -0.05) is 11.6 Å². The Morgan fingerprint density at radius 3 is 2.88 bits per heavy atom. The van der Waals surface area contributed by atoms with Crippen molar-refractivity contribution in [3.8, 4) is 10.6 Å². The summed E-state index contributed by atoms with van der Waals surface area (Å²) in [5, 5.41) is 0. The molecular formula is C12H8BrClN2S. The summed E-state index contributed by atoms with van der Waals surface area (Å²) >= 11 is 11.0. The topological polar surface area (TPSA) is 17.3 Å². The van der Waals surface area contributed by atoms with Gasteiger partial charge in [-0.25, -0.2) is 4.98 Å². The van der Waals surface area contributed by atoms with Crippen molar-refractivity contribution in [2.24, 2.45) is 0 Å². The van der Waals surface area contributed by atoms with Gasteiger partial charge in [-0.15, -0.1) is 11.3 Å². The zero-order chi connectivity index (χ0) is 12.0. The van der Waals surface area contributed by atoms with Gasteiger partial charge in [0, 0.05) is 16.9 Å². The Hall–Kier alpha value is -0.840. The monoisotopic (exact) mass is 326 g/mol. The second-order valence-electron chi connectivity index (χ2n) is 3.80. The van der Waals surface area contributed by atoms with Gasteiger partial charge in [-0.2, -0.15) is 0 Å². The molecular weight excluding hydrogens is 320 g/mol. The maximum Gasteiger partial charge on any atom is 0.137 e. The molecule has 17 heavy (non-hydrogen) atoms. The highest BCUT2D eigenvalue weighted by molar-refractivity contribution is 9.10. The van der Waals surface area contributed by atoms with E-state index in [1.807, 2.05) is 28.9 Å². The van der Waals surface area contributed by atoms with Crippen LogP contribution in [0, 0.1) is 6.92 Å². The van der Waals surface area contributed by atoms with Crippen molar-refractivity contribution in [3.63, 3.8) is 0 Å². The first kappa shape index (κ1) is 11.3. The molecule has 3 rings (SSSR count). The molecule has 0 N–H and O–H groups in total. The lowest BCUT2D eigenvalue weighted by Gasteiger charge is -1.98. The first-order valence-electron chi connectivity index (χ1n) is 5.04. The molecule has 3 aromatic heterocycles. The van der Waals surface area contributed by atoms with Crippen molar-refractivity contribution in [1.29, 1.82) is 0 Å². The van der Waals surface area contributed by atoms with Gasteiger partial charge in [0.1, 0.15) is 5.65 Å². The van der Waals surface area contributed by atoms with Crippen LogP contribution in [-0.4, -0.2) is 9.38 Å². The smallest absolute Gasteiger partial charge is 0.137 e. The Balaban J connectivity index is 2.19. The van der Waals surface area contributed by atoms with E-state index < -0.39 is 0 Å². The van der Waals surface area contributed by atoms with Crippen molar-refractivity contribution < 1.29 is 0 Å². The van der Waals surface area contributed by atoms with E-state index in [9.17, 15) is 0 Å². The summed E-state index contributed by atoms with van der Waals surface area (Å²) in [4.78, 5) is 5.68. The Labute approximate surface area is 116 Å². The molecule has 0 saturated carbocycles. The van der Waals surface area contributed by atoms with Crippen molar-refractivity contribution in [2.75, 3.05) is 0 Å². The molecule has 0 unspecified atom stereocenters. The fourth-order valence-electron chi connectivity index (χ4n) is 1.68. The van der Waals surface area contributed by atoms with E-state index in [1.165, 1.54) is 5.56 Å². The molecule has 0 bridgehead atoms. The highest BCUT2D eigenvalue weighted by atomic mass is 79.9. The number of nitrogens with zero attached hydrogens (tertiary/aromatic N) is 2. The van der Waals surface area contributed by atoms with E-state index in [1.54, 1.807) is 11.3 Å². The summed E-state index contributed by atoms with van der Waals surface area (Å²) in [6, 6.07) is 5.95. The maximum absolute atomic E-state index is 5.94. The molecule has 0 saturated heterocycles. The van der Waals surface area contributed by atoms with Crippen LogP contribution in [0.1, 0.15) is 5.56 Å². The Kier molecular flexibility index (Phi) is 2.73. The van der Waals surface area contributed by atoms with Crippen molar-refractivity contribution >= 4 is 44.5 Å². The SMILES string of the molecule is Cc1cc2nc(-c3ccc(Cl)s3)cn2cc1Br. The summed E-state index contributed by atoms with van der Waals surface area (Å²) in [6.45, 7) is 2.06. The predicted molar refractivity (Wildman–Crippen MR) is 76.0 cm³/mol. The molecule has 0 atom stereocenters. The summed E-state index contributed by atoms with van der Waals surface area (Å²) in [7, 11) is 0. The Morgan fingerprint density at radius 1 is 1.35 bits per heavy atom. The van der Waals surface area contributed by atoms with Gasteiger partial charge >= 0.3 is 0 Å². The summed E-state index contributed by atoms with van der Waals surface area (Å²) < 4.78 is 3.88. The minimum Gasteiger partial charge on any atom is -0.305 e. The van der Waals surface area contributed by atoms with Gasteiger partial charge in [0.25, 0.3) is 0 Å². The number of hydrogen-bond donors (Lipinski definition) is 0. The highest BCUT2D eigenvalue weighted by Gasteiger charge is 2.08. The zero-order valence-electron chi connectivity index (χ0n) is 8.95. The average Bonchev–Trinajstić information content (AvgIpc) is 2.85. The van der Waals surface area contributed by atoms with Crippen molar-refractivity contribution in [3.05, 3.63) is 45.0 Å². The van der Waals surface area contributed by atoms with E-state index in [2.05, 4.69) is 33.9 Å². The van der Waals surface area contributed by atoms with Crippen molar-refractivity contribution in [2.45, 2.75) is 6.92 Å². The van der Waals surface area contributed by atoms with Gasteiger partial charge in [-0.05, 0) is 46.6 Å². The van der Waals surface area contributed by atoms with Crippen LogP contribution in [0.25, 0.3) is 16.2 Å². The molecule has 3 aromatic rings. The number of aryl methyl sites for hydroxylation is 1. The van der Waals surface area contributed by atoms with E-state index in [-0.39, 0.29) is 0 Å². The van der Waals surface area contributed by atoms with Gasteiger partial charge in [0.05, 0.1) is 14.9 Å². The first-order valence-corrected chi connectivity index (χ1v) is 7.03. The number of pyridine rings is 1. The maximum atomic E-state index is 5.94. The van der Waals surface area contributed by atoms with Crippen LogP contribution in [0.4, 0.5) is 0 Å². The number of fused-ring (bicyclic) bond motifs is 1. The van der Waals surface area contributed by atoms with Crippen LogP contribution in [-0.2, 0) is 0 Å². The van der Waals surface area contributed by atoms with E-state index in [0.717, 1.165) is 25.0 Å². The fraction of sp³-hybridized carbons (Fsp3) is 0.0833. The normalized spacial score (nSPS) is 11.2. The van der Waals surface area contributed by atoms with Gasteiger partial charge in [0.15, 0.2) is 0 Å². The third-order valence-electron chi connectivity index (χ3n) is 2.56. The number of halogens is 2. The minimum absolute atomic E-state index is 0.786. The summed E-state index contributed by atoms with van der Waals surface area (Å²) in [6.07, 6.45) is 4.04. The quantitative estimate of drug-likeness (QED) is 0.628. The van der Waals surface area contributed by atoms with Gasteiger partial charge < -0.3 is 4.40 Å². The Bertz CT molecular complexity index is 663. The number of imidazole rings is 1. The van der Waals surface area contributed by atoms with E-state index >= 15 is 0 Å². The largest absolute Gasteiger partial charge is 0.305 e. The van der Waals surface area contributed by atoms with E-state index in [4.69, 9.17) is 11.6 Å². The molecule has 0 spiro atoms. The highest BCUT2D eigenvalue weighted by Crippen LogP contribution is 2.31. The predicted octanol–water partition coefficient (Wildman–Crippen LogP) is 4.79. The third kappa shape index (κ3) is 2.01. The standard InChI is InChI=1S/C12H8BrClN2S/c1-7-4-12-15-9(6-16(12)5-8(7)13)10-2-3-11(14)17-10/h2-6H,1H3. The van der Waals surface area contributed by atoms with E-state index in [0.29, 0.717) is 0 Å². The molecule has 0 fully saturated rings.